The molecule has 1 fully saturated rings. The van der Waals surface area contributed by atoms with Gasteiger partial charge in [0.25, 0.3) is 11.8 Å². The molecular formula is C20H17N5O3. The van der Waals surface area contributed by atoms with Gasteiger partial charge in [-0.25, -0.2) is 4.98 Å². The number of carbonyl (C=O) groups excluding carboxylic acids is 2. The number of amides is 2. The number of nitrogens with one attached hydrogen (secondary N) is 1. The quantitative estimate of drug-likeness (QED) is 0.754. The minimum absolute atomic E-state index is 0.106. The summed E-state index contributed by atoms with van der Waals surface area (Å²) >= 11 is 0. The van der Waals surface area contributed by atoms with E-state index >= 15 is 0 Å². The first-order valence-electron chi connectivity index (χ1n) is 8.83. The summed E-state index contributed by atoms with van der Waals surface area (Å²) in [7, 11) is 0. The highest BCUT2D eigenvalue weighted by Crippen LogP contribution is 2.18. The Kier molecular flexibility index (Phi) is 4.74. The molecule has 1 aromatic carbocycles. The van der Waals surface area contributed by atoms with Gasteiger partial charge >= 0.3 is 0 Å². The SMILES string of the molecule is N#Cc1cccc(NC(=O)c2nc(C(=O)N3CCOCC3)c3ccccn23)c1. The van der Waals surface area contributed by atoms with Crippen LogP contribution in [0.1, 0.15) is 26.7 Å². The van der Waals surface area contributed by atoms with Crippen LogP contribution in [0.5, 0.6) is 0 Å². The molecule has 3 aromatic rings. The van der Waals surface area contributed by atoms with Crippen molar-refractivity contribution in [3.05, 3.63) is 65.7 Å². The van der Waals surface area contributed by atoms with Crippen molar-refractivity contribution in [1.29, 1.82) is 5.26 Å². The van der Waals surface area contributed by atoms with Gasteiger partial charge in [-0.3, -0.25) is 14.0 Å². The van der Waals surface area contributed by atoms with Gasteiger partial charge in [0.2, 0.25) is 5.82 Å². The molecule has 8 heteroatoms. The molecule has 4 rings (SSSR count). The van der Waals surface area contributed by atoms with E-state index in [2.05, 4.69) is 10.3 Å². The number of nitrogens with zero attached hydrogens (tertiary/aromatic N) is 4. The lowest BCUT2D eigenvalue weighted by molar-refractivity contribution is 0.0300. The Hall–Kier alpha value is -3.70. The second kappa shape index (κ2) is 7.50. The van der Waals surface area contributed by atoms with Crippen LogP contribution < -0.4 is 5.32 Å². The molecule has 0 radical (unpaired) electrons. The predicted octanol–water partition coefficient (Wildman–Crippen LogP) is 1.93. The van der Waals surface area contributed by atoms with Crippen molar-refractivity contribution < 1.29 is 14.3 Å². The number of morpholine rings is 1. The van der Waals surface area contributed by atoms with Gasteiger partial charge in [0, 0.05) is 25.0 Å². The molecular weight excluding hydrogens is 358 g/mol. The van der Waals surface area contributed by atoms with Crippen LogP contribution in [0.4, 0.5) is 5.69 Å². The summed E-state index contributed by atoms with van der Waals surface area (Å²) in [5.41, 5.74) is 1.72. The number of hydrogen-bond acceptors (Lipinski definition) is 5. The molecule has 140 valence electrons. The van der Waals surface area contributed by atoms with Crippen molar-refractivity contribution in [3.8, 4) is 6.07 Å². The van der Waals surface area contributed by atoms with Gasteiger partial charge in [-0.15, -0.1) is 0 Å². The van der Waals surface area contributed by atoms with E-state index in [4.69, 9.17) is 10.00 Å². The average molecular weight is 375 g/mol. The minimum atomic E-state index is -0.461. The van der Waals surface area contributed by atoms with Crippen molar-refractivity contribution in [3.63, 3.8) is 0 Å². The topological polar surface area (TPSA) is 99.7 Å². The van der Waals surface area contributed by atoms with E-state index in [0.29, 0.717) is 43.1 Å². The smallest absolute Gasteiger partial charge is 0.292 e. The summed E-state index contributed by atoms with van der Waals surface area (Å²) in [6.45, 7) is 1.96. The molecule has 0 atom stereocenters. The second-order valence-electron chi connectivity index (χ2n) is 6.29. The molecule has 0 saturated carbocycles. The van der Waals surface area contributed by atoms with E-state index in [0.717, 1.165) is 0 Å². The van der Waals surface area contributed by atoms with E-state index in [1.54, 1.807) is 58.0 Å². The Morgan fingerprint density at radius 1 is 1.14 bits per heavy atom. The van der Waals surface area contributed by atoms with Gasteiger partial charge in [-0.2, -0.15) is 5.26 Å². The molecule has 2 aromatic heterocycles. The fourth-order valence-electron chi connectivity index (χ4n) is 3.13. The number of aromatic nitrogens is 2. The number of anilines is 1. The van der Waals surface area contributed by atoms with Crippen LogP contribution in [-0.4, -0.2) is 52.4 Å². The van der Waals surface area contributed by atoms with E-state index in [1.807, 2.05) is 6.07 Å². The Bertz CT molecular complexity index is 1090. The zero-order valence-electron chi connectivity index (χ0n) is 15.0. The maximum Gasteiger partial charge on any atom is 0.292 e. The van der Waals surface area contributed by atoms with Crippen molar-refractivity contribution in [2.75, 3.05) is 31.6 Å². The summed E-state index contributed by atoms with van der Waals surface area (Å²) in [6, 6.07) is 14.0. The fraction of sp³-hybridized carbons (Fsp3) is 0.200. The molecule has 1 aliphatic rings. The number of rotatable bonds is 3. The molecule has 0 bridgehead atoms. The average Bonchev–Trinajstić information content (AvgIpc) is 3.14. The molecule has 3 heterocycles. The molecule has 28 heavy (non-hydrogen) atoms. The predicted molar refractivity (Wildman–Crippen MR) is 101 cm³/mol. The largest absolute Gasteiger partial charge is 0.378 e. The lowest BCUT2D eigenvalue weighted by Gasteiger charge is -2.26. The summed E-state index contributed by atoms with van der Waals surface area (Å²) in [5.74, 6) is -0.579. The van der Waals surface area contributed by atoms with Crippen molar-refractivity contribution in [2.24, 2.45) is 0 Å². The number of fused-ring (bicyclic) bond motifs is 1. The van der Waals surface area contributed by atoms with Crippen LogP contribution in [0.25, 0.3) is 5.52 Å². The van der Waals surface area contributed by atoms with Crippen molar-refractivity contribution in [1.82, 2.24) is 14.3 Å². The fourth-order valence-corrected chi connectivity index (χ4v) is 3.13. The number of ether oxygens (including phenoxy) is 1. The number of carbonyl (C=O) groups is 2. The third-order valence-corrected chi connectivity index (χ3v) is 4.50. The van der Waals surface area contributed by atoms with Gasteiger partial charge in [0.15, 0.2) is 5.69 Å². The Morgan fingerprint density at radius 2 is 1.96 bits per heavy atom. The summed E-state index contributed by atoms with van der Waals surface area (Å²) < 4.78 is 6.89. The number of benzene rings is 1. The van der Waals surface area contributed by atoms with Crippen molar-refractivity contribution in [2.45, 2.75) is 0 Å². The van der Waals surface area contributed by atoms with Crippen LogP contribution in [0.3, 0.4) is 0 Å². The monoisotopic (exact) mass is 375 g/mol. The minimum Gasteiger partial charge on any atom is -0.378 e. The maximum atomic E-state index is 12.9. The second-order valence-corrected chi connectivity index (χ2v) is 6.29. The maximum absolute atomic E-state index is 12.9. The van der Waals surface area contributed by atoms with Gasteiger partial charge < -0.3 is 15.0 Å². The lowest BCUT2D eigenvalue weighted by Crippen LogP contribution is -2.40. The highest BCUT2D eigenvalue weighted by atomic mass is 16.5. The van der Waals surface area contributed by atoms with Crippen LogP contribution in [-0.2, 0) is 4.74 Å². The first kappa shape index (κ1) is 17.7. The summed E-state index contributed by atoms with van der Waals surface area (Å²) in [6.07, 6.45) is 1.69. The Labute approximate surface area is 161 Å². The Balaban J connectivity index is 1.68. The number of imidazole rings is 1. The van der Waals surface area contributed by atoms with E-state index in [1.165, 1.54) is 0 Å². The van der Waals surface area contributed by atoms with Crippen LogP contribution in [0.15, 0.2) is 48.7 Å². The first-order chi connectivity index (χ1) is 13.7. The lowest BCUT2D eigenvalue weighted by atomic mass is 10.2. The zero-order valence-corrected chi connectivity index (χ0v) is 15.0. The molecule has 0 spiro atoms. The molecule has 1 aliphatic heterocycles. The third kappa shape index (κ3) is 3.31. The van der Waals surface area contributed by atoms with Gasteiger partial charge in [0.05, 0.1) is 30.4 Å². The highest BCUT2D eigenvalue weighted by molar-refractivity contribution is 6.06. The van der Waals surface area contributed by atoms with Crippen LogP contribution in [0, 0.1) is 11.3 Å². The molecule has 8 nitrogen and oxygen atoms in total. The Morgan fingerprint density at radius 3 is 2.75 bits per heavy atom. The normalized spacial score (nSPS) is 13.9. The van der Waals surface area contributed by atoms with E-state index in [9.17, 15) is 9.59 Å². The zero-order chi connectivity index (χ0) is 19.5. The van der Waals surface area contributed by atoms with Gasteiger partial charge in [-0.05, 0) is 30.3 Å². The van der Waals surface area contributed by atoms with Gasteiger partial charge in [0.1, 0.15) is 0 Å². The first-order valence-corrected chi connectivity index (χ1v) is 8.83. The van der Waals surface area contributed by atoms with Gasteiger partial charge in [-0.1, -0.05) is 12.1 Å². The third-order valence-electron chi connectivity index (χ3n) is 4.50. The summed E-state index contributed by atoms with van der Waals surface area (Å²) in [5, 5.41) is 11.8. The highest BCUT2D eigenvalue weighted by Gasteiger charge is 2.26. The molecule has 1 N–H and O–H groups in total. The molecule has 2 amide bonds. The molecule has 0 aliphatic carbocycles. The van der Waals surface area contributed by atoms with Crippen LogP contribution in [0.2, 0.25) is 0 Å². The standard InChI is InChI=1S/C20H17N5O3/c21-13-14-4-3-5-15(12-14)22-19(26)18-23-17(16-6-1-2-7-25(16)18)20(27)24-8-10-28-11-9-24/h1-7,12H,8-11H2,(H,22,26). The molecule has 0 unspecified atom stereocenters. The van der Waals surface area contributed by atoms with E-state index in [-0.39, 0.29) is 17.4 Å². The molecule has 1 saturated heterocycles. The van der Waals surface area contributed by atoms with Crippen LogP contribution >= 0.6 is 0 Å². The number of pyridine rings is 1. The summed E-state index contributed by atoms with van der Waals surface area (Å²) in [4.78, 5) is 31.8. The van der Waals surface area contributed by atoms with Crippen molar-refractivity contribution >= 4 is 23.0 Å². The number of nitriles is 1. The number of hydrogen-bond donors (Lipinski definition) is 1. The van der Waals surface area contributed by atoms with E-state index < -0.39 is 5.91 Å².